The van der Waals surface area contributed by atoms with E-state index in [2.05, 4.69) is 56.2 Å². The Kier molecular flexibility index (Phi) is 7.63. The topological polar surface area (TPSA) is 24.5 Å². The van der Waals surface area contributed by atoms with Crippen LogP contribution in [0.3, 0.4) is 0 Å². The summed E-state index contributed by atoms with van der Waals surface area (Å²) >= 11 is 0. The number of hydrogen-bond acceptors (Lipinski definition) is 3. The van der Waals surface area contributed by atoms with Gasteiger partial charge < -0.3 is 15.0 Å². The average Bonchev–Trinajstić information content (AvgIpc) is 2.45. The first kappa shape index (κ1) is 17.0. The SMILES string of the molecule is CCNCc1ccc(OC)c(CN(C)CC(C)CC)c1. The molecule has 0 aliphatic heterocycles. The molecule has 0 saturated heterocycles. The smallest absolute Gasteiger partial charge is 0.123 e. The molecule has 0 bridgehead atoms. The highest BCUT2D eigenvalue weighted by atomic mass is 16.5. The lowest BCUT2D eigenvalue weighted by atomic mass is 10.1. The second-order valence-corrected chi connectivity index (χ2v) is 5.64. The van der Waals surface area contributed by atoms with Gasteiger partial charge in [0.1, 0.15) is 5.75 Å². The quantitative estimate of drug-likeness (QED) is 0.750. The van der Waals surface area contributed by atoms with Crippen LogP contribution in [0.4, 0.5) is 0 Å². The van der Waals surface area contributed by atoms with E-state index in [1.165, 1.54) is 17.5 Å². The number of ether oxygens (including phenoxy) is 1. The summed E-state index contributed by atoms with van der Waals surface area (Å²) in [5, 5.41) is 3.37. The van der Waals surface area contributed by atoms with Gasteiger partial charge in [0.2, 0.25) is 0 Å². The summed E-state index contributed by atoms with van der Waals surface area (Å²) in [5.41, 5.74) is 2.59. The predicted octanol–water partition coefficient (Wildman–Crippen LogP) is 3.28. The predicted molar refractivity (Wildman–Crippen MR) is 86.2 cm³/mol. The summed E-state index contributed by atoms with van der Waals surface area (Å²) in [7, 11) is 3.93. The lowest BCUT2D eigenvalue weighted by Gasteiger charge is -2.22. The maximum Gasteiger partial charge on any atom is 0.123 e. The van der Waals surface area contributed by atoms with Crippen LogP contribution in [0.25, 0.3) is 0 Å². The van der Waals surface area contributed by atoms with Crippen molar-refractivity contribution in [2.24, 2.45) is 5.92 Å². The Hall–Kier alpha value is -1.06. The number of rotatable bonds is 9. The summed E-state index contributed by atoms with van der Waals surface area (Å²) < 4.78 is 5.49. The van der Waals surface area contributed by atoms with E-state index < -0.39 is 0 Å². The monoisotopic (exact) mass is 278 g/mol. The van der Waals surface area contributed by atoms with Crippen LogP contribution in [0, 0.1) is 5.92 Å². The molecule has 1 aromatic carbocycles. The van der Waals surface area contributed by atoms with Gasteiger partial charge in [0, 0.05) is 25.2 Å². The maximum absolute atomic E-state index is 5.49. The molecule has 1 atom stereocenters. The molecular formula is C17H30N2O. The molecule has 0 aliphatic carbocycles. The highest BCUT2D eigenvalue weighted by Gasteiger charge is 2.10. The van der Waals surface area contributed by atoms with Gasteiger partial charge in [0.15, 0.2) is 0 Å². The first-order valence-corrected chi connectivity index (χ1v) is 7.65. The van der Waals surface area contributed by atoms with Gasteiger partial charge in [0.05, 0.1) is 7.11 Å². The van der Waals surface area contributed by atoms with Crippen LogP contribution in [0.1, 0.15) is 38.3 Å². The molecule has 20 heavy (non-hydrogen) atoms. The van der Waals surface area contributed by atoms with E-state index in [1.54, 1.807) is 7.11 Å². The molecule has 3 nitrogen and oxygen atoms in total. The van der Waals surface area contributed by atoms with E-state index in [0.29, 0.717) is 0 Å². The van der Waals surface area contributed by atoms with Crippen molar-refractivity contribution in [2.45, 2.75) is 40.3 Å². The van der Waals surface area contributed by atoms with Crippen LogP contribution in [0.2, 0.25) is 0 Å². The van der Waals surface area contributed by atoms with Gasteiger partial charge in [0.25, 0.3) is 0 Å². The fraction of sp³-hybridized carbons (Fsp3) is 0.647. The standard InChI is InChI=1S/C17H30N2O/c1-6-14(3)12-19(4)13-16-10-15(11-18-7-2)8-9-17(16)20-5/h8-10,14,18H,6-7,11-13H2,1-5H3. The molecule has 1 rings (SSSR count). The zero-order valence-corrected chi connectivity index (χ0v) is 13.7. The highest BCUT2D eigenvalue weighted by molar-refractivity contribution is 5.37. The molecule has 1 aromatic rings. The van der Waals surface area contributed by atoms with E-state index in [1.807, 2.05) is 0 Å². The van der Waals surface area contributed by atoms with Gasteiger partial charge in [-0.3, -0.25) is 0 Å². The first-order valence-electron chi connectivity index (χ1n) is 7.65. The van der Waals surface area contributed by atoms with Crippen LogP contribution in [-0.2, 0) is 13.1 Å². The van der Waals surface area contributed by atoms with Gasteiger partial charge in [-0.05, 0) is 37.2 Å². The van der Waals surface area contributed by atoms with E-state index >= 15 is 0 Å². The number of methoxy groups -OCH3 is 1. The third kappa shape index (κ3) is 5.51. The normalized spacial score (nSPS) is 12.7. The molecule has 1 unspecified atom stereocenters. The zero-order chi connectivity index (χ0) is 15.0. The summed E-state index contributed by atoms with van der Waals surface area (Å²) in [4.78, 5) is 2.38. The van der Waals surface area contributed by atoms with Crippen LogP contribution >= 0.6 is 0 Å². The summed E-state index contributed by atoms with van der Waals surface area (Å²) in [6, 6.07) is 6.48. The minimum Gasteiger partial charge on any atom is -0.496 e. The van der Waals surface area contributed by atoms with Crippen molar-refractivity contribution in [3.8, 4) is 5.75 Å². The average molecular weight is 278 g/mol. The Morgan fingerprint density at radius 3 is 2.65 bits per heavy atom. The lowest BCUT2D eigenvalue weighted by molar-refractivity contribution is 0.270. The van der Waals surface area contributed by atoms with Gasteiger partial charge in [-0.2, -0.15) is 0 Å². The van der Waals surface area contributed by atoms with Crippen LogP contribution in [0.5, 0.6) is 5.75 Å². The Morgan fingerprint density at radius 1 is 1.30 bits per heavy atom. The van der Waals surface area contributed by atoms with Crippen LogP contribution in [-0.4, -0.2) is 32.1 Å². The molecule has 0 fully saturated rings. The Morgan fingerprint density at radius 2 is 2.05 bits per heavy atom. The molecule has 1 N–H and O–H groups in total. The molecular weight excluding hydrogens is 248 g/mol. The molecule has 114 valence electrons. The van der Waals surface area contributed by atoms with Gasteiger partial charge in [-0.1, -0.05) is 33.3 Å². The maximum atomic E-state index is 5.49. The van der Waals surface area contributed by atoms with Crippen molar-refractivity contribution < 1.29 is 4.74 Å². The molecule has 0 heterocycles. The van der Waals surface area contributed by atoms with Crippen molar-refractivity contribution in [3.63, 3.8) is 0 Å². The Balaban J connectivity index is 2.74. The number of benzene rings is 1. The Labute approximate surface area is 124 Å². The largest absolute Gasteiger partial charge is 0.496 e. The molecule has 0 radical (unpaired) electrons. The van der Waals surface area contributed by atoms with E-state index in [0.717, 1.165) is 37.8 Å². The van der Waals surface area contributed by atoms with Crippen molar-refractivity contribution in [3.05, 3.63) is 29.3 Å². The van der Waals surface area contributed by atoms with Crippen molar-refractivity contribution in [2.75, 3.05) is 27.2 Å². The van der Waals surface area contributed by atoms with Crippen molar-refractivity contribution in [1.82, 2.24) is 10.2 Å². The summed E-state index contributed by atoms with van der Waals surface area (Å²) in [5.74, 6) is 1.72. The molecule has 3 heteroatoms. The Bertz CT molecular complexity index is 393. The van der Waals surface area contributed by atoms with Gasteiger partial charge in [-0.25, -0.2) is 0 Å². The second-order valence-electron chi connectivity index (χ2n) is 5.64. The molecule has 0 aromatic heterocycles. The second kappa shape index (κ2) is 8.98. The van der Waals surface area contributed by atoms with Gasteiger partial charge >= 0.3 is 0 Å². The molecule has 0 spiro atoms. The van der Waals surface area contributed by atoms with Crippen molar-refractivity contribution in [1.29, 1.82) is 0 Å². The summed E-state index contributed by atoms with van der Waals surface area (Å²) in [6.07, 6.45) is 1.22. The third-order valence-electron chi connectivity index (χ3n) is 3.68. The van der Waals surface area contributed by atoms with Crippen molar-refractivity contribution >= 4 is 0 Å². The molecule has 0 amide bonds. The summed E-state index contributed by atoms with van der Waals surface area (Å²) in [6.45, 7) is 10.7. The highest BCUT2D eigenvalue weighted by Crippen LogP contribution is 2.22. The zero-order valence-electron chi connectivity index (χ0n) is 13.7. The fourth-order valence-electron chi connectivity index (χ4n) is 2.35. The van der Waals surface area contributed by atoms with Crippen LogP contribution in [0.15, 0.2) is 18.2 Å². The number of nitrogens with one attached hydrogen (secondary N) is 1. The molecule has 0 aliphatic rings. The fourth-order valence-corrected chi connectivity index (χ4v) is 2.35. The number of nitrogens with zero attached hydrogens (tertiary/aromatic N) is 1. The van der Waals surface area contributed by atoms with Gasteiger partial charge in [-0.15, -0.1) is 0 Å². The minimum atomic E-state index is 0.732. The van der Waals surface area contributed by atoms with E-state index in [9.17, 15) is 0 Å². The van der Waals surface area contributed by atoms with E-state index in [4.69, 9.17) is 4.74 Å². The number of hydrogen-bond donors (Lipinski definition) is 1. The van der Waals surface area contributed by atoms with Crippen LogP contribution < -0.4 is 10.1 Å². The third-order valence-corrected chi connectivity index (χ3v) is 3.68. The minimum absolute atomic E-state index is 0.732. The van der Waals surface area contributed by atoms with E-state index in [-0.39, 0.29) is 0 Å². The lowest BCUT2D eigenvalue weighted by Crippen LogP contribution is -2.24. The molecule has 0 saturated carbocycles. The first-order chi connectivity index (χ1) is 9.60.